The van der Waals surface area contributed by atoms with Crippen molar-refractivity contribution in [2.24, 2.45) is 0 Å². The second kappa shape index (κ2) is 10.5. The number of rotatable bonds is 8. The number of carboxylic acids is 1. The first kappa shape index (κ1) is 26.5. The lowest BCUT2D eigenvalue weighted by atomic mass is 10.00. The molecule has 9 nitrogen and oxygen atoms in total. The van der Waals surface area contributed by atoms with E-state index in [0.717, 1.165) is 55.4 Å². The average molecular weight is 595 g/mol. The van der Waals surface area contributed by atoms with Crippen molar-refractivity contribution in [3.63, 3.8) is 0 Å². The van der Waals surface area contributed by atoms with Gasteiger partial charge in [-0.3, -0.25) is 0 Å². The van der Waals surface area contributed by atoms with Gasteiger partial charge < -0.3 is 23.7 Å². The van der Waals surface area contributed by atoms with Crippen LogP contribution in [0.1, 0.15) is 71.7 Å². The second-order valence-corrected chi connectivity index (χ2v) is 12.0. The Balaban J connectivity index is 1.08. The van der Waals surface area contributed by atoms with Gasteiger partial charge in [-0.1, -0.05) is 39.5 Å². The van der Waals surface area contributed by atoms with Gasteiger partial charge in [0.2, 0.25) is 5.89 Å². The van der Waals surface area contributed by atoms with Crippen molar-refractivity contribution in [1.29, 1.82) is 0 Å². The Morgan fingerprint density at radius 3 is 2.49 bits per heavy atom. The molecule has 1 unspecified atom stereocenters. The topological polar surface area (TPSA) is 115 Å². The van der Waals surface area contributed by atoms with E-state index in [0.29, 0.717) is 51.3 Å². The van der Waals surface area contributed by atoms with Gasteiger partial charge in [-0.2, -0.15) is 0 Å². The number of aromatic nitrogens is 3. The van der Waals surface area contributed by atoms with Crippen LogP contribution in [0.15, 0.2) is 45.3 Å². The van der Waals surface area contributed by atoms with E-state index < -0.39 is 5.97 Å². The van der Waals surface area contributed by atoms with E-state index in [4.69, 9.17) is 36.9 Å². The summed E-state index contributed by atoms with van der Waals surface area (Å²) in [5.41, 5.74) is 3.87. The van der Waals surface area contributed by atoms with Gasteiger partial charge in [0.05, 0.1) is 28.3 Å². The zero-order chi connectivity index (χ0) is 28.2. The fraction of sp³-hybridized carbons (Fsp3) is 0.400. The van der Waals surface area contributed by atoms with Gasteiger partial charge >= 0.3 is 12.0 Å². The van der Waals surface area contributed by atoms with E-state index in [9.17, 15) is 9.90 Å². The second-order valence-electron chi connectivity index (χ2n) is 11.2. The third-order valence-corrected chi connectivity index (χ3v) is 8.96. The van der Waals surface area contributed by atoms with E-state index in [1.54, 1.807) is 24.3 Å². The Kier molecular flexibility index (Phi) is 6.76. The summed E-state index contributed by atoms with van der Waals surface area (Å²) in [5, 5.41) is 23.5. The van der Waals surface area contributed by atoms with Crippen molar-refractivity contribution in [2.75, 3.05) is 4.90 Å². The fourth-order valence-electron chi connectivity index (χ4n) is 6.29. The lowest BCUT2D eigenvalue weighted by molar-refractivity contribution is 0.0139. The highest BCUT2D eigenvalue weighted by molar-refractivity contribution is 6.39. The molecule has 3 aliphatic rings. The van der Waals surface area contributed by atoms with Gasteiger partial charge in [0, 0.05) is 34.7 Å². The quantitative estimate of drug-likeness (QED) is 0.224. The van der Waals surface area contributed by atoms with Crippen molar-refractivity contribution >= 4 is 35.2 Å². The van der Waals surface area contributed by atoms with E-state index in [1.165, 1.54) is 0 Å². The lowest BCUT2D eigenvalue weighted by Gasteiger charge is -2.37. The smallest absolute Gasteiger partial charge is 0.335 e. The number of piperidine rings is 1. The van der Waals surface area contributed by atoms with Crippen molar-refractivity contribution in [1.82, 2.24) is 15.4 Å². The number of halogens is 2. The van der Waals surface area contributed by atoms with Crippen LogP contribution in [-0.2, 0) is 11.3 Å². The third kappa shape index (κ3) is 5.00. The molecular formula is C30H28Cl2N4O5. The predicted octanol–water partition coefficient (Wildman–Crippen LogP) is 7.30. The number of nitrogens with zero attached hydrogens (tertiary/aromatic N) is 4. The normalized spacial score (nSPS) is 21.9. The summed E-state index contributed by atoms with van der Waals surface area (Å²) in [5.74, 6) is 0.556. The molecule has 11 heteroatoms. The van der Waals surface area contributed by atoms with Gasteiger partial charge in [-0.05, 0) is 81.3 Å². The molecule has 1 aliphatic carbocycles. The molecule has 41 heavy (non-hydrogen) atoms. The number of carbonyl (C=O) groups is 1. The summed E-state index contributed by atoms with van der Waals surface area (Å²) >= 11 is 13.0. The maximum atomic E-state index is 11.5. The number of ether oxygens (including phenoxy) is 1. The Hall–Kier alpha value is -3.40. The van der Waals surface area contributed by atoms with E-state index in [-0.39, 0.29) is 23.8 Å². The Bertz CT molecular complexity index is 1600. The van der Waals surface area contributed by atoms with Crippen LogP contribution in [0.2, 0.25) is 10.0 Å². The Morgan fingerprint density at radius 1 is 1.07 bits per heavy atom. The maximum absolute atomic E-state index is 11.5. The minimum absolute atomic E-state index is 0.0533. The van der Waals surface area contributed by atoms with Crippen molar-refractivity contribution in [2.45, 2.75) is 76.2 Å². The summed E-state index contributed by atoms with van der Waals surface area (Å²) in [6.07, 6.45) is 5.88. The third-order valence-electron chi connectivity index (χ3n) is 8.33. The number of carboxylic acid groups (broad SMARTS) is 1. The highest BCUT2D eigenvalue weighted by Crippen LogP contribution is 2.47. The van der Waals surface area contributed by atoms with E-state index in [2.05, 4.69) is 20.3 Å². The number of aromatic carboxylic acids is 1. The number of benzene rings is 2. The molecule has 2 aromatic carbocycles. The number of hydrogen-bond donors (Lipinski definition) is 1. The average Bonchev–Trinajstić information content (AvgIpc) is 3.41. The molecule has 4 aromatic rings. The summed E-state index contributed by atoms with van der Waals surface area (Å²) in [7, 11) is 0. The van der Waals surface area contributed by atoms with Gasteiger partial charge in [0.15, 0.2) is 0 Å². The fourth-order valence-corrected chi connectivity index (χ4v) is 6.87. The van der Waals surface area contributed by atoms with Crippen molar-refractivity contribution < 1.29 is 23.6 Å². The molecule has 1 N–H and O–H groups in total. The number of anilines is 1. The minimum Gasteiger partial charge on any atom is -0.478 e. The highest BCUT2D eigenvalue weighted by atomic mass is 35.5. The van der Waals surface area contributed by atoms with Crippen LogP contribution >= 0.6 is 23.2 Å². The molecular weight excluding hydrogens is 567 g/mol. The molecule has 2 aliphatic heterocycles. The molecule has 2 bridgehead atoms. The van der Waals surface area contributed by atoms with Crippen LogP contribution in [-0.4, -0.2) is 44.6 Å². The molecule has 0 amide bonds. The van der Waals surface area contributed by atoms with Gasteiger partial charge in [0.1, 0.15) is 11.5 Å². The molecule has 4 heterocycles. The zero-order valence-corrected chi connectivity index (χ0v) is 23.9. The van der Waals surface area contributed by atoms with Crippen LogP contribution in [0.25, 0.3) is 22.7 Å². The molecule has 0 radical (unpaired) electrons. The zero-order valence-electron chi connectivity index (χ0n) is 22.3. The minimum atomic E-state index is -0.993. The summed E-state index contributed by atoms with van der Waals surface area (Å²) in [6, 6.07) is 11.3. The van der Waals surface area contributed by atoms with Gasteiger partial charge in [-0.15, -0.1) is 5.10 Å². The highest BCUT2D eigenvalue weighted by Gasteiger charge is 2.44. The summed E-state index contributed by atoms with van der Waals surface area (Å²) in [6.45, 7) is 2.22. The van der Waals surface area contributed by atoms with Crippen molar-refractivity contribution in [3.8, 4) is 22.7 Å². The van der Waals surface area contributed by atoms with Crippen LogP contribution in [0.5, 0.6) is 0 Å². The molecule has 3 fully saturated rings. The van der Waals surface area contributed by atoms with Crippen LogP contribution in [0, 0.1) is 6.92 Å². The first-order chi connectivity index (χ1) is 19.9. The number of fused-ring (bicyclic) bond motifs is 2. The number of hydrogen-bond acceptors (Lipinski definition) is 8. The first-order valence-corrected chi connectivity index (χ1v) is 14.6. The van der Waals surface area contributed by atoms with Crippen molar-refractivity contribution in [3.05, 3.63) is 68.9 Å². The van der Waals surface area contributed by atoms with E-state index in [1.807, 2.05) is 19.1 Å². The van der Waals surface area contributed by atoms with E-state index >= 15 is 0 Å². The largest absolute Gasteiger partial charge is 0.478 e. The molecule has 212 valence electrons. The SMILES string of the molecule is Cc1cc(C(=O)O)cc(-c2nnc(N3[C@@H]4CC[C@H]3CC(OCc3c(-c5c(Cl)cccc5Cl)noc3C3CC3)C4)o2)c1. The monoisotopic (exact) mass is 594 g/mol. The van der Waals surface area contributed by atoms with Gasteiger partial charge in [0.25, 0.3) is 0 Å². The van der Waals surface area contributed by atoms with Crippen LogP contribution < -0.4 is 4.90 Å². The molecule has 2 aromatic heterocycles. The molecule has 2 saturated heterocycles. The maximum Gasteiger partial charge on any atom is 0.335 e. The molecule has 7 rings (SSSR count). The lowest BCUT2D eigenvalue weighted by Crippen LogP contribution is -2.45. The predicted molar refractivity (Wildman–Crippen MR) is 152 cm³/mol. The standard InChI is InChI=1S/C30H28Cl2N4O5/c1-15-9-17(11-18(10-15)29(37)38)28-33-34-30(40-28)36-19-7-8-20(36)13-21(12-19)39-14-22-26(35-41-27(22)16-5-6-16)25-23(31)3-2-4-24(25)32/h2-4,9-11,16,19-21H,5-8,12-14H2,1H3,(H,37,38)/t19-,20+,21?. The molecule has 0 spiro atoms. The first-order valence-electron chi connectivity index (χ1n) is 13.9. The summed E-state index contributed by atoms with van der Waals surface area (Å²) < 4.78 is 18.4. The Morgan fingerprint density at radius 2 is 1.80 bits per heavy atom. The Labute approximate surface area is 246 Å². The number of aryl methyl sites for hydroxylation is 1. The molecule has 3 atom stereocenters. The van der Waals surface area contributed by atoms with Gasteiger partial charge in [-0.25, -0.2) is 4.79 Å². The summed E-state index contributed by atoms with van der Waals surface area (Å²) in [4.78, 5) is 13.7. The molecule has 1 saturated carbocycles. The van der Waals surface area contributed by atoms with Crippen LogP contribution in [0.4, 0.5) is 6.01 Å². The van der Waals surface area contributed by atoms with Crippen LogP contribution in [0.3, 0.4) is 0 Å².